The van der Waals surface area contributed by atoms with Crippen molar-refractivity contribution in [3.8, 4) is 33.6 Å². The first-order valence-corrected chi connectivity index (χ1v) is 23.8. The average molecular weight is 819 g/mol. The number of aromatic nitrogens is 2. The second kappa shape index (κ2) is 15.2. The normalized spacial score (nSPS) is 11.8. The predicted molar refractivity (Wildman–Crippen MR) is 270 cm³/mol. The lowest BCUT2D eigenvalue weighted by atomic mass is 10.00. The first-order valence-electron chi connectivity index (χ1n) is 21.8. The number of fused-ring (bicyclic) bond motifs is 6. The summed E-state index contributed by atoms with van der Waals surface area (Å²) in [5.41, 5.74) is 11.8. The van der Waals surface area contributed by atoms with Crippen LogP contribution in [-0.2, 0) is 0 Å². The van der Waals surface area contributed by atoms with E-state index < -0.39 is 8.07 Å². The minimum Gasteiger partial charge on any atom is -0.307 e. The van der Waals surface area contributed by atoms with Crippen LogP contribution >= 0.6 is 0 Å². The van der Waals surface area contributed by atoms with Gasteiger partial charge in [-0.15, -0.1) is 0 Å². The molecule has 0 unspecified atom stereocenters. The van der Waals surface area contributed by atoms with Crippen molar-refractivity contribution in [2.24, 2.45) is 0 Å². The quantitative estimate of drug-likeness (QED) is 0.107. The van der Waals surface area contributed by atoms with Crippen molar-refractivity contribution >= 4 is 72.4 Å². The van der Waals surface area contributed by atoms with Crippen LogP contribution in [0.15, 0.2) is 255 Å². The zero-order valence-electron chi connectivity index (χ0n) is 34.6. The Morgan fingerprint density at radius 3 is 1.32 bits per heavy atom. The molecule has 0 radical (unpaired) electrons. The lowest BCUT2D eigenvalue weighted by Crippen LogP contribution is -2.75. The molecule has 2 heterocycles. The molecule has 0 spiro atoms. The lowest BCUT2D eigenvalue weighted by Gasteiger charge is -2.35. The minimum atomic E-state index is -3.04. The van der Waals surface area contributed by atoms with Gasteiger partial charge in [-0.1, -0.05) is 231 Å². The molecule has 2 nitrogen and oxygen atoms in total. The fourth-order valence-corrected chi connectivity index (χ4v) is 15.4. The van der Waals surface area contributed by atoms with E-state index in [1.807, 2.05) is 0 Å². The first kappa shape index (κ1) is 36.8. The van der Waals surface area contributed by atoms with Gasteiger partial charge in [-0.25, -0.2) is 0 Å². The first-order chi connectivity index (χ1) is 31.3. The summed E-state index contributed by atoms with van der Waals surface area (Å²) in [5.74, 6) is 0. The van der Waals surface area contributed by atoms with E-state index in [4.69, 9.17) is 0 Å². The van der Waals surface area contributed by atoms with Gasteiger partial charge < -0.3 is 9.13 Å². The van der Waals surface area contributed by atoms with Gasteiger partial charge in [0.2, 0.25) is 0 Å². The molecule has 0 aliphatic carbocycles. The van der Waals surface area contributed by atoms with Crippen LogP contribution in [0.5, 0.6) is 0 Å². The average Bonchev–Trinajstić information content (AvgIpc) is 3.89. The van der Waals surface area contributed by atoms with Crippen molar-refractivity contribution in [1.29, 1.82) is 0 Å². The van der Waals surface area contributed by atoms with Crippen LogP contribution in [-0.4, -0.2) is 17.2 Å². The van der Waals surface area contributed by atoms with Crippen LogP contribution in [0, 0.1) is 0 Å². The van der Waals surface area contributed by atoms with Crippen molar-refractivity contribution in [2.45, 2.75) is 0 Å². The van der Waals surface area contributed by atoms with Crippen molar-refractivity contribution in [1.82, 2.24) is 9.13 Å². The zero-order chi connectivity index (χ0) is 41.7. The summed E-state index contributed by atoms with van der Waals surface area (Å²) in [6.07, 6.45) is 0. The summed E-state index contributed by atoms with van der Waals surface area (Å²) in [7, 11) is -3.04. The van der Waals surface area contributed by atoms with Gasteiger partial charge in [-0.2, -0.15) is 0 Å². The van der Waals surface area contributed by atoms with E-state index in [1.54, 1.807) is 0 Å². The third kappa shape index (κ3) is 5.78. The van der Waals surface area contributed by atoms with E-state index in [0.717, 1.165) is 11.4 Å². The Labute approximate surface area is 368 Å². The van der Waals surface area contributed by atoms with Gasteiger partial charge in [0.05, 0.1) is 27.8 Å². The Hall–Kier alpha value is -7.98. The molecule has 0 aliphatic rings. The van der Waals surface area contributed by atoms with Crippen LogP contribution in [0.3, 0.4) is 0 Å². The zero-order valence-corrected chi connectivity index (χ0v) is 35.6. The molecule has 10 aromatic carbocycles. The molecule has 0 bridgehead atoms. The van der Waals surface area contributed by atoms with Crippen LogP contribution in [0.25, 0.3) is 77.2 Å². The van der Waals surface area contributed by atoms with Crippen LogP contribution in [0.4, 0.5) is 0 Å². The SMILES string of the molecule is c1ccc(-c2cccc(-n3c4ccccc4c4ccc(-c5ccccc5)c(-n5c6ccccc6c6cccc([Si](c7ccccc7)(c7ccccc7)c7ccccc7)c65)c43)c2)cc1. The molecule has 12 aromatic rings. The molecule has 296 valence electrons. The summed E-state index contributed by atoms with van der Waals surface area (Å²) in [6.45, 7) is 0. The fourth-order valence-electron chi connectivity index (χ4n) is 10.4. The standard InChI is InChI=1S/C60H42N2Si/c1-6-22-43(23-7-1)45-26-20-27-46(42-45)61-55-37-18-16-35-52(55)54-41-40-50(44-24-8-2-9-25-44)59(60(54)61)62-56-38-19-17-34-51(56)53-36-21-39-57(58(53)62)63(47-28-10-3-11-29-47,48-30-12-4-13-31-48)49-32-14-5-15-33-49/h1-42H. The fraction of sp³-hybridized carbons (Fsp3) is 0. The van der Waals surface area contributed by atoms with Crippen LogP contribution in [0.2, 0.25) is 0 Å². The number of rotatable bonds is 8. The largest absolute Gasteiger partial charge is 0.307 e. The second-order valence-electron chi connectivity index (χ2n) is 16.4. The Morgan fingerprint density at radius 1 is 0.286 bits per heavy atom. The Kier molecular flexibility index (Phi) is 8.87. The number of hydrogen-bond acceptors (Lipinski definition) is 0. The van der Waals surface area contributed by atoms with Gasteiger partial charge in [0.15, 0.2) is 8.07 Å². The summed E-state index contributed by atoms with van der Waals surface area (Å²) < 4.78 is 5.18. The highest BCUT2D eigenvalue weighted by Gasteiger charge is 2.43. The molecule has 0 N–H and O–H groups in total. The third-order valence-electron chi connectivity index (χ3n) is 13.0. The summed E-state index contributed by atoms with van der Waals surface area (Å²) >= 11 is 0. The smallest absolute Gasteiger partial charge is 0.181 e. The van der Waals surface area contributed by atoms with E-state index in [1.165, 1.54) is 86.6 Å². The highest BCUT2D eigenvalue weighted by molar-refractivity contribution is 7.20. The number of para-hydroxylation sites is 3. The molecule has 3 heteroatoms. The van der Waals surface area contributed by atoms with Crippen LogP contribution in [0.1, 0.15) is 0 Å². The molecule has 2 aromatic heterocycles. The molecule has 0 saturated heterocycles. The molecule has 0 atom stereocenters. The van der Waals surface area contributed by atoms with E-state index in [9.17, 15) is 0 Å². The molecular formula is C60H42N2Si. The van der Waals surface area contributed by atoms with Gasteiger partial charge in [-0.05, 0) is 61.7 Å². The van der Waals surface area contributed by atoms with Crippen LogP contribution < -0.4 is 20.7 Å². The number of benzene rings is 10. The van der Waals surface area contributed by atoms with Crippen molar-refractivity contribution in [3.05, 3.63) is 255 Å². The topological polar surface area (TPSA) is 9.86 Å². The third-order valence-corrected chi connectivity index (χ3v) is 17.9. The predicted octanol–water partition coefficient (Wildman–Crippen LogP) is 12.6. The highest BCUT2D eigenvalue weighted by atomic mass is 28.3. The van der Waals surface area contributed by atoms with E-state index >= 15 is 0 Å². The molecule has 0 saturated carbocycles. The second-order valence-corrected chi connectivity index (χ2v) is 20.2. The van der Waals surface area contributed by atoms with E-state index in [2.05, 4.69) is 264 Å². The minimum absolute atomic E-state index is 1.12. The maximum absolute atomic E-state index is 3.04. The molecule has 63 heavy (non-hydrogen) atoms. The van der Waals surface area contributed by atoms with Gasteiger partial charge in [0.1, 0.15) is 0 Å². The number of nitrogens with zero attached hydrogens (tertiary/aromatic N) is 2. The van der Waals surface area contributed by atoms with Crippen molar-refractivity contribution in [3.63, 3.8) is 0 Å². The highest BCUT2D eigenvalue weighted by Crippen LogP contribution is 2.44. The van der Waals surface area contributed by atoms with Gasteiger partial charge in [-0.3, -0.25) is 0 Å². The monoisotopic (exact) mass is 818 g/mol. The lowest BCUT2D eigenvalue weighted by molar-refractivity contribution is 1.13. The number of hydrogen-bond donors (Lipinski definition) is 0. The maximum Gasteiger partial charge on any atom is 0.181 e. The van der Waals surface area contributed by atoms with Crippen molar-refractivity contribution < 1.29 is 0 Å². The van der Waals surface area contributed by atoms with Gasteiger partial charge in [0, 0.05) is 32.8 Å². The summed E-state index contributed by atoms with van der Waals surface area (Å²) in [6, 6.07) is 94.5. The Bertz CT molecular complexity index is 3500. The Morgan fingerprint density at radius 2 is 0.730 bits per heavy atom. The summed E-state index contributed by atoms with van der Waals surface area (Å²) in [5, 5.41) is 10.3. The van der Waals surface area contributed by atoms with E-state index in [0.29, 0.717) is 0 Å². The van der Waals surface area contributed by atoms with Gasteiger partial charge >= 0.3 is 0 Å². The molecule has 12 rings (SSSR count). The van der Waals surface area contributed by atoms with Crippen molar-refractivity contribution in [2.75, 3.05) is 0 Å². The van der Waals surface area contributed by atoms with E-state index in [-0.39, 0.29) is 0 Å². The molecule has 0 amide bonds. The molecular weight excluding hydrogens is 777 g/mol. The maximum atomic E-state index is 2.65. The van der Waals surface area contributed by atoms with Gasteiger partial charge in [0.25, 0.3) is 0 Å². The molecule has 0 aliphatic heterocycles. The molecule has 0 fully saturated rings. The Balaban J connectivity index is 1.31. The summed E-state index contributed by atoms with van der Waals surface area (Å²) in [4.78, 5) is 0.